The summed E-state index contributed by atoms with van der Waals surface area (Å²) in [5, 5.41) is 0.723. The fourth-order valence-corrected chi connectivity index (χ4v) is 3.86. The van der Waals surface area contributed by atoms with Crippen LogP contribution in [0.4, 0.5) is 0 Å². The molecule has 1 fully saturated rings. The van der Waals surface area contributed by atoms with Gasteiger partial charge in [0.05, 0.1) is 6.61 Å². The number of rotatable bonds is 7. The average molecular weight is 372 g/mol. The number of pyridine rings is 1. The number of aromatic amines is 1. The second kappa shape index (κ2) is 8.89. The van der Waals surface area contributed by atoms with Crippen molar-refractivity contribution in [2.45, 2.75) is 52.1 Å². The van der Waals surface area contributed by atoms with E-state index in [-0.39, 0.29) is 5.43 Å². The molecule has 148 valence electrons. The Hall–Kier alpha value is -1.85. The van der Waals surface area contributed by atoms with Gasteiger partial charge in [0, 0.05) is 34.7 Å². The zero-order chi connectivity index (χ0) is 19.4. The largest absolute Gasteiger partial charge is 0.494 e. The molecule has 1 aliphatic rings. The highest BCUT2D eigenvalue weighted by Gasteiger charge is 2.22. The first-order valence-corrected chi connectivity index (χ1v) is 10.2. The third-order valence-electron chi connectivity index (χ3n) is 5.77. The van der Waals surface area contributed by atoms with Crippen molar-refractivity contribution >= 4 is 10.9 Å². The molecule has 5 heteroatoms. The van der Waals surface area contributed by atoms with Gasteiger partial charge in [-0.25, -0.2) is 0 Å². The summed E-state index contributed by atoms with van der Waals surface area (Å²) in [6.07, 6.45) is 4.44. The number of unbranched alkanes of at least 4 members (excludes halogenated alkanes) is 1. The molecule has 0 radical (unpaired) electrons. The molecule has 0 unspecified atom stereocenters. The van der Waals surface area contributed by atoms with E-state index in [2.05, 4.69) is 35.8 Å². The standard InChI is InChI=1S/C22H33N3O2/c1-5-6-13-27-18-7-8-21-19(14-18)22(26)20(16(2)23-21)15-25(4)17-9-11-24(3)12-10-17/h7-8,14,17H,5-6,9-13,15H2,1-4H3,(H,23,26). The van der Waals surface area contributed by atoms with E-state index in [4.69, 9.17) is 4.74 Å². The van der Waals surface area contributed by atoms with Gasteiger partial charge in [-0.3, -0.25) is 9.69 Å². The first kappa shape index (κ1) is 19.9. The quantitative estimate of drug-likeness (QED) is 0.757. The van der Waals surface area contributed by atoms with Crippen molar-refractivity contribution in [2.24, 2.45) is 0 Å². The number of hydrogen-bond acceptors (Lipinski definition) is 4. The van der Waals surface area contributed by atoms with E-state index in [1.54, 1.807) is 0 Å². The highest BCUT2D eigenvalue weighted by atomic mass is 16.5. The van der Waals surface area contributed by atoms with E-state index in [1.807, 2.05) is 25.1 Å². The van der Waals surface area contributed by atoms with Gasteiger partial charge in [-0.05, 0) is 71.6 Å². The van der Waals surface area contributed by atoms with Gasteiger partial charge >= 0.3 is 0 Å². The smallest absolute Gasteiger partial charge is 0.194 e. The Morgan fingerprint density at radius 3 is 2.74 bits per heavy atom. The van der Waals surface area contributed by atoms with Crippen LogP contribution in [0.15, 0.2) is 23.0 Å². The van der Waals surface area contributed by atoms with Crippen LogP contribution in [0.2, 0.25) is 0 Å². The summed E-state index contributed by atoms with van der Waals surface area (Å²) in [5.74, 6) is 0.778. The average Bonchev–Trinajstić information content (AvgIpc) is 2.66. The van der Waals surface area contributed by atoms with Crippen molar-refractivity contribution in [1.82, 2.24) is 14.8 Å². The van der Waals surface area contributed by atoms with Crippen molar-refractivity contribution < 1.29 is 4.74 Å². The number of piperidine rings is 1. The van der Waals surface area contributed by atoms with Crippen LogP contribution in [0, 0.1) is 6.92 Å². The molecule has 1 saturated heterocycles. The van der Waals surface area contributed by atoms with Crippen LogP contribution in [-0.4, -0.2) is 54.6 Å². The maximum absolute atomic E-state index is 13.2. The molecule has 1 aromatic carbocycles. The molecule has 0 aliphatic carbocycles. The molecular formula is C22H33N3O2. The number of likely N-dealkylation sites (tertiary alicyclic amines) is 1. The lowest BCUT2D eigenvalue weighted by molar-refractivity contribution is 0.139. The summed E-state index contributed by atoms with van der Waals surface area (Å²) in [7, 11) is 4.32. The molecule has 1 aromatic heterocycles. The monoisotopic (exact) mass is 371 g/mol. The molecule has 2 aromatic rings. The SMILES string of the molecule is CCCCOc1ccc2[nH]c(C)c(CN(C)C3CCN(C)CC3)c(=O)c2c1. The number of fused-ring (bicyclic) bond motifs is 1. The van der Waals surface area contributed by atoms with Crippen molar-refractivity contribution in [2.75, 3.05) is 33.8 Å². The van der Waals surface area contributed by atoms with Crippen molar-refractivity contribution in [3.05, 3.63) is 39.7 Å². The van der Waals surface area contributed by atoms with Gasteiger partial charge in [0.25, 0.3) is 0 Å². The third-order valence-corrected chi connectivity index (χ3v) is 5.77. The molecule has 0 spiro atoms. The molecule has 27 heavy (non-hydrogen) atoms. The summed E-state index contributed by atoms with van der Waals surface area (Å²) in [5.41, 5.74) is 2.84. The van der Waals surface area contributed by atoms with Gasteiger partial charge < -0.3 is 14.6 Å². The van der Waals surface area contributed by atoms with E-state index >= 15 is 0 Å². The normalized spacial score (nSPS) is 16.3. The van der Waals surface area contributed by atoms with Crippen LogP contribution >= 0.6 is 0 Å². The predicted octanol–water partition coefficient (Wildman–Crippen LogP) is 3.54. The number of nitrogens with one attached hydrogen (secondary N) is 1. The van der Waals surface area contributed by atoms with Crippen molar-refractivity contribution in [1.29, 1.82) is 0 Å². The van der Waals surface area contributed by atoms with E-state index in [1.165, 1.54) is 0 Å². The van der Waals surface area contributed by atoms with E-state index in [0.717, 1.165) is 66.7 Å². The molecule has 1 N–H and O–H groups in total. The summed E-state index contributed by atoms with van der Waals surface area (Å²) in [4.78, 5) is 21.3. The molecule has 3 rings (SSSR count). The maximum atomic E-state index is 13.2. The summed E-state index contributed by atoms with van der Waals surface area (Å²) < 4.78 is 5.80. The molecule has 0 bridgehead atoms. The highest BCUT2D eigenvalue weighted by Crippen LogP contribution is 2.21. The van der Waals surface area contributed by atoms with Crippen molar-refractivity contribution in [3.63, 3.8) is 0 Å². The highest BCUT2D eigenvalue weighted by molar-refractivity contribution is 5.81. The second-order valence-corrected chi connectivity index (χ2v) is 7.92. The van der Waals surface area contributed by atoms with Crippen LogP contribution in [-0.2, 0) is 6.54 Å². The summed E-state index contributed by atoms with van der Waals surface area (Å²) >= 11 is 0. The van der Waals surface area contributed by atoms with Gasteiger partial charge in [0.2, 0.25) is 0 Å². The van der Waals surface area contributed by atoms with E-state index in [9.17, 15) is 4.79 Å². The molecular weight excluding hydrogens is 338 g/mol. The summed E-state index contributed by atoms with van der Waals surface area (Å²) in [6.45, 7) is 7.78. The van der Waals surface area contributed by atoms with E-state index in [0.29, 0.717) is 19.2 Å². The molecule has 1 aliphatic heterocycles. The minimum atomic E-state index is 0.127. The first-order valence-electron chi connectivity index (χ1n) is 10.2. The number of hydrogen-bond donors (Lipinski definition) is 1. The van der Waals surface area contributed by atoms with Gasteiger partial charge in [-0.15, -0.1) is 0 Å². The Morgan fingerprint density at radius 1 is 1.30 bits per heavy atom. The van der Waals surface area contributed by atoms with Crippen LogP contribution < -0.4 is 10.2 Å². The lowest BCUT2D eigenvalue weighted by atomic mass is 10.0. The lowest BCUT2D eigenvalue weighted by Crippen LogP contribution is -2.42. The first-order chi connectivity index (χ1) is 13.0. The van der Waals surface area contributed by atoms with Crippen LogP contribution in [0.5, 0.6) is 5.75 Å². The number of ether oxygens (including phenoxy) is 1. The predicted molar refractivity (Wildman–Crippen MR) is 112 cm³/mol. The minimum Gasteiger partial charge on any atom is -0.494 e. The Labute approximate surface area is 162 Å². The number of aryl methyl sites for hydroxylation is 1. The van der Waals surface area contributed by atoms with Gasteiger partial charge in [0.15, 0.2) is 5.43 Å². The molecule has 0 saturated carbocycles. The minimum absolute atomic E-state index is 0.127. The molecule has 5 nitrogen and oxygen atoms in total. The Bertz CT molecular complexity index is 822. The number of benzene rings is 1. The third kappa shape index (κ3) is 4.71. The Balaban J connectivity index is 1.82. The number of nitrogens with zero attached hydrogens (tertiary/aromatic N) is 2. The van der Waals surface area contributed by atoms with Crippen LogP contribution in [0.25, 0.3) is 10.9 Å². The number of H-pyrrole nitrogens is 1. The van der Waals surface area contributed by atoms with Gasteiger partial charge in [0.1, 0.15) is 5.75 Å². The Morgan fingerprint density at radius 2 is 2.04 bits per heavy atom. The Kier molecular flexibility index (Phi) is 6.55. The molecule has 0 atom stereocenters. The number of aromatic nitrogens is 1. The second-order valence-electron chi connectivity index (χ2n) is 7.92. The maximum Gasteiger partial charge on any atom is 0.194 e. The fraction of sp³-hybridized carbons (Fsp3) is 0.591. The van der Waals surface area contributed by atoms with E-state index < -0.39 is 0 Å². The zero-order valence-corrected chi connectivity index (χ0v) is 17.2. The van der Waals surface area contributed by atoms with Crippen molar-refractivity contribution in [3.8, 4) is 5.75 Å². The topological polar surface area (TPSA) is 48.6 Å². The molecule has 2 heterocycles. The van der Waals surface area contributed by atoms with Crippen LogP contribution in [0.3, 0.4) is 0 Å². The zero-order valence-electron chi connectivity index (χ0n) is 17.2. The van der Waals surface area contributed by atoms with Gasteiger partial charge in [-0.1, -0.05) is 13.3 Å². The summed E-state index contributed by atoms with van der Waals surface area (Å²) in [6, 6.07) is 6.33. The lowest BCUT2D eigenvalue weighted by Gasteiger charge is -2.35. The van der Waals surface area contributed by atoms with Gasteiger partial charge in [-0.2, -0.15) is 0 Å². The fourth-order valence-electron chi connectivity index (χ4n) is 3.86. The molecule has 0 amide bonds. The van der Waals surface area contributed by atoms with Crippen LogP contribution in [0.1, 0.15) is 43.9 Å².